The third kappa shape index (κ3) is 4.71. The number of urea groups is 1. The largest absolute Gasteiger partial charge is 0.504 e. The molecule has 1 unspecified atom stereocenters. The first-order valence-corrected chi connectivity index (χ1v) is 11.7. The van der Waals surface area contributed by atoms with Crippen LogP contribution in [-0.4, -0.2) is 40.4 Å². The van der Waals surface area contributed by atoms with E-state index in [9.17, 15) is 9.90 Å². The average Bonchev–Trinajstić information content (AvgIpc) is 3.41. The molecule has 2 heterocycles. The molecule has 4 aromatic rings. The number of hydrogen-bond donors (Lipinski definition) is 2. The highest BCUT2D eigenvalue weighted by atomic mass is 16.5. The summed E-state index contributed by atoms with van der Waals surface area (Å²) in [4.78, 5) is 19.6. The predicted molar refractivity (Wildman–Crippen MR) is 137 cm³/mol. The predicted octanol–water partition coefficient (Wildman–Crippen LogP) is 5.16. The van der Waals surface area contributed by atoms with Gasteiger partial charge in [0.25, 0.3) is 5.89 Å². The second-order valence-electron chi connectivity index (χ2n) is 8.54. The van der Waals surface area contributed by atoms with Gasteiger partial charge in [-0.05, 0) is 42.3 Å². The highest BCUT2D eigenvalue weighted by molar-refractivity contribution is 5.87. The summed E-state index contributed by atoms with van der Waals surface area (Å²) in [5, 5.41) is 17.7. The van der Waals surface area contributed by atoms with Crippen molar-refractivity contribution in [1.82, 2.24) is 20.4 Å². The maximum atomic E-state index is 13.3. The van der Waals surface area contributed by atoms with Crippen molar-refractivity contribution in [2.24, 2.45) is 0 Å². The van der Waals surface area contributed by atoms with Crippen LogP contribution < -0.4 is 14.8 Å². The number of carbonyl (C=O) groups excluding carboxylic acids is 1. The van der Waals surface area contributed by atoms with Gasteiger partial charge in [-0.1, -0.05) is 53.7 Å². The molecule has 5 rings (SSSR count). The Labute approximate surface area is 214 Å². The van der Waals surface area contributed by atoms with Gasteiger partial charge >= 0.3 is 6.03 Å². The summed E-state index contributed by atoms with van der Waals surface area (Å²) in [7, 11) is 3.09. The Morgan fingerprint density at radius 2 is 1.78 bits per heavy atom. The fourth-order valence-electron chi connectivity index (χ4n) is 4.34. The van der Waals surface area contributed by atoms with E-state index >= 15 is 0 Å². The number of ether oxygens (including phenoxy) is 2. The Bertz CT molecular complexity index is 1450. The van der Waals surface area contributed by atoms with E-state index in [4.69, 9.17) is 14.0 Å². The molecule has 0 radical (unpaired) electrons. The second-order valence-corrected chi connectivity index (χ2v) is 8.54. The van der Waals surface area contributed by atoms with E-state index in [1.807, 2.05) is 61.5 Å². The van der Waals surface area contributed by atoms with Crippen LogP contribution in [0.1, 0.15) is 30.0 Å². The number of methoxy groups -OCH3 is 2. The van der Waals surface area contributed by atoms with Gasteiger partial charge in [-0.25, -0.2) is 4.79 Å². The van der Waals surface area contributed by atoms with Gasteiger partial charge in [0.2, 0.25) is 5.82 Å². The maximum Gasteiger partial charge on any atom is 0.322 e. The lowest BCUT2D eigenvalue weighted by Gasteiger charge is -2.35. The zero-order valence-electron chi connectivity index (χ0n) is 20.6. The van der Waals surface area contributed by atoms with Crippen LogP contribution in [0.5, 0.6) is 17.2 Å². The lowest BCUT2D eigenvalue weighted by molar-refractivity contribution is 0.203. The zero-order chi connectivity index (χ0) is 25.9. The summed E-state index contributed by atoms with van der Waals surface area (Å²) in [6.45, 7) is 2.17. The fraction of sp³-hybridized carbons (Fsp3) is 0.179. The molecule has 0 spiro atoms. The van der Waals surface area contributed by atoms with Crippen LogP contribution in [0.2, 0.25) is 0 Å². The molecule has 2 N–H and O–H groups in total. The van der Waals surface area contributed by atoms with Crippen LogP contribution in [0.3, 0.4) is 0 Å². The highest BCUT2D eigenvalue weighted by Gasteiger charge is 2.36. The topological polar surface area (TPSA) is 110 Å². The number of nitrogens with zero attached hydrogens (tertiary/aromatic N) is 3. The Kier molecular flexibility index (Phi) is 6.51. The van der Waals surface area contributed by atoms with Gasteiger partial charge in [-0.15, -0.1) is 0 Å². The normalized spacial score (nSPS) is 15.5. The van der Waals surface area contributed by atoms with Crippen molar-refractivity contribution in [3.63, 3.8) is 0 Å². The van der Waals surface area contributed by atoms with E-state index < -0.39 is 6.04 Å². The van der Waals surface area contributed by atoms with E-state index in [2.05, 4.69) is 15.5 Å². The number of aromatic hydroxyl groups is 1. The van der Waals surface area contributed by atoms with Gasteiger partial charge in [0, 0.05) is 11.3 Å². The Morgan fingerprint density at radius 1 is 1.03 bits per heavy atom. The first kappa shape index (κ1) is 23.9. The summed E-state index contributed by atoms with van der Waals surface area (Å²) >= 11 is 0. The molecular weight excluding hydrogens is 472 g/mol. The lowest BCUT2D eigenvalue weighted by atomic mass is 9.94. The van der Waals surface area contributed by atoms with E-state index in [-0.39, 0.29) is 17.7 Å². The molecule has 188 valence electrons. The van der Waals surface area contributed by atoms with Crippen molar-refractivity contribution in [3.8, 4) is 28.6 Å². The number of allylic oxidation sites excluding steroid dienone is 1. The minimum absolute atomic E-state index is 0.0394. The van der Waals surface area contributed by atoms with Gasteiger partial charge < -0.3 is 24.4 Å². The molecule has 1 aliphatic heterocycles. The quantitative estimate of drug-likeness (QED) is 0.362. The number of phenols is 1. The van der Waals surface area contributed by atoms with Crippen molar-refractivity contribution in [2.45, 2.75) is 19.5 Å². The number of carbonyl (C=O) groups is 1. The molecule has 1 atom stereocenters. The van der Waals surface area contributed by atoms with Crippen LogP contribution >= 0.6 is 0 Å². The van der Waals surface area contributed by atoms with Crippen molar-refractivity contribution < 1.29 is 23.9 Å². The molecule has 0 fully saturated rings. The Hall–Kier alpha value is -4.79. The van der Waals surface area contributed by atoms with Gasteiger partial charge in [-0.2, -0.15) is 4.98 Å². The van der Waals surface area contributed by atoms with Crippen LogP contribution in [0.15, 0.2) is 83.0 Å². The summed E-state index contributed by atoms with van der Waals surface area (Å²) < 4.78 is 16.2. The number of rotatable bonds is 7. The number of benzene rings is 3. The summed E-state index contributed by atoms with van der Waals surface area (Å²) in [6, 6.07) is 21.1. The van der Waals surface area contributed by atoms with Crippen molar-refractivity contribution >= 4 is 11.6 Å². The molecule has 9 heteroatoms. The molecule has 0 saturated heterocycles. The third-order valence-corrected chi connectivity index (χ3v) is 6.32. The van der Waals surface area contributed by atoms with Crippen molar-refractivity contribution in [1.29, 1.82) is 0 Å². The Balaban J connectivity index is 1.59. The van der Waals surface area contributed by atoms with E-state index in [0.29, 0.717) is 35.0 Å². The molecule has 0 aliphatic carbocycles. The van der Waals surface area contributed by atoms with Crippen LogP contribution in [0.25, 0.3) is 17.0 Å². The van der Waals surface area contributed by atoms with Crippen LogP contribution in [0, 0.1) is 0 Å². The average molecular weight is 499 g/mol. The number of phenolic OH excluding ortho intramolecular Hbond substituents is 1. The number of hydrogen-bond acceptors (Lipinski definition) is 7. The number of nitrogens with one attached hydrogen (secondary N) is 1. The third-order valence-electron chi connectivity index (χ3n) is 6.32. The molecule has 9 nitrogen and oxygen atoms in total. The first-order valence-electron chi connectivity index (χ1n) is 11.7. The smallest absolute Gasteiger partial charge is 0.322 e. The molecule has 2 amide bonds. The molecule has 1 aromatic heterocycles. The fourth-order valence-corrected chi connectivity index (χ4v) is 4.34. The van der Waals surface area contributed by atoms with E-state index in [0.717, 1.165) is 16.9 Å². The number of aromatic nitrogens is 2. The molecule has 0 saturated carbocycles. The van der Waals surface area contributed by atoms with E-state index in [1.165, 1.54) is 7.11 Å². The maximum absolute atomic E-state index is 13.3. The van der Waals surface area contributed by atoms with Gasteiger partial charge in [0.15, 0.2) is 11.5 Å². The van der Waals surface area contributed by atoms with E-state index in [1.54, 1.807) is 30.2 Å². The Morgan fingerprint density at radius 3 is 2.46 bits per heavy atom. The first-order chi connectivity index (χ1) is 18.0. The SMILES string of the molecule is COc1ccc(CN2C(=O)NC(c3ccc(OC)c(O)c3)C(c3nc(-c4ccccc4)no3)=C2C)cc1. The lowest BCUT2D eigenvalue weighted by Crippen LogP contribution is -2.45. The van der Waals surface area contributed by atoms with Crippen LogP contribution in [-0.2, 0) is 6.54 Å². The standard InChI is InChI=1S/C28H26N4O5/c1-17-24(27-30-26(31-37-27)19-7-5-4-6-8-19)25(20-11-14-23(36-3)22(33)15-20)29-28(34)32(17)16-18-9-12-21(35-2)13-10-18/h4-15,25,33H,16H2,1-3H3,(H,29,34). The van der Waals surface area contributed by atoms with Crippen LogP contribution in [0.4, 0.5) is 4.79 Å². The number of amides is 2. The second kappa shape index (κ2) is 10.1. The molecule has 3 aromatic carbocycles. The minimum atomic E-state index is -0.638. The van der Waals surface area contributed by atoms with Gasteiger partial charge in [0.1, 0.15) is 5.75 Å². The van der Waals surface area contributed by atoms with Gasteiger partial charge in [0.05, 0.1) is 32.4 Å². The molecular formula is C28H26N4O5. The highest BCUT2D eigenvalue weighted by Crippen LogP contribution is 2.40. The van der Waals surface area contributed by atoms with Gasteiger partial charge in [-0.3, -0.25) is 4.90 Å². The summed E-state index contributed by atoms with van der Waals surface area (Å²) in [6.07, 6.45) is 0. The monoisotopic (exact) mass is 498 g/mol. The zero-order valence-corrected chi connectivity index (χ0v) is 20.6. The van der Waals surface area contributed by atoms with Crippen molar-refractivity contribution in [2.75, 3.05) is 14.2 Å². The van der Waals surface area contributed by atoms with Crippen molar-refractivity contribution in [3.05, 3.63) is 95.5 Å². The molecule has 37 heavy (non-hydrogen) atoms. The molecule has 1 aliphatic rings. The minimum Gasteiger partial charge on any atom is -0.504 e. The summed E-state index contributed by atoms with van der Waals surface area (Å²) in [5.41, 5.74) is 3.66. The molecule has 0 bridgehead atoms. The summed E-state index contributed by atoms with van der Waals surface area (Å²) in [5.74, 6) is 1.74.